The van der Waals surface area contributed by atoms with Gasteiger partial charge in [-0.3, -0.25) is 0 Å². The summed E-state index contributed by atoms with van der Waals surface area (Å²) in [5.74, 6) is -0.518. The molecule has 0 fully saturated rings. The van der Waals surface area contributed by atoms with Crippen LogP contribution in [0, 0.1) is 0 Å². The molecular formula is C29H24O6. The van der Waals surface area contributed by atoms with Gasteiger partial charge in [0.2, 0.25) is 0 Å². The van der Waals surface area contributed by atoms with E-state index < -0.39 is 17.9 Å². The van der Waals surface area contributed by atoms with Crippen LogP contribution in [0.2, 0.25) is 0 Å². The Bertz CT molecular complexity index is 1280. The Morgan fingerprint density at radius 1 is 0.714 bits per heavy atom. The normalized spacial score (nSPS) is 10.1. The second-order valence-electron chi connectivity index (χ2n) is 7.36. The molecule has 3 aromatic carbocycles. The highest BCUT2D eigenvalue weighted by atomic mass is 16.5. The molecule has 0 aliphatic heterocycles. The fourth-order valence-corrected chi connectivity index (χ4v) is 3.07. The highest BCUT2D eigenvalue weighted by Crippen LogP contribution is 2.36. The van der Waals surface area contributed by atoms with Gasteiger partial charge in [-0.15, -0.1) is 0 Å². The Balaban J connectivity index is 1.96. The monoisotopic (exact) mass is 468 g/mol. The fraction of sp³-hybridized carbons (Fsp3) is 0.0690. The molecule has 0 heterocycles. The summed E-state index contributed by atoms with van der Waals surface area (Å²) in [7, 11) is 0. The minimum absolute atomic E-state index is 0.347. The Labute approximate surface area is 203 Å². The van der Waals surface area contributed by atoms with Gasteiger partial charge >= 0.3 is 17.9 Å². The topological polar surface area (TPSA) is 78.9 Å². The average Bonchev–Trinajstić information content (AvgIpc) is 2.88. The Hall–Kier alpha value is -4.71. The van der Waals surface area contributed by atoms with Crippen LogP contribution in [0.15, 0.2) is 104 Å². The average molecular weight is 469 g/mol. The molecule has 0 amide bonds. The van der Waals surface area contributed by atoms with Crippen LogP contribution in [0.5, 0.6) is 17.2 Å². The molecule has 6 nitrogen and oxygen atoms in total. The smallest absolute Gasteiger partial charge is 0.338 e. The third-order valence-electron chi connectivity index (χ3n) is 5.02. The summed E-state index contributed by atoms with van der Waals surface area (Å²) < 4.78 is 15.9. The lowest BCUT2D eigenvalue weighted by atomic mass is 9.99. The molecule has 0 aromatic heterocycles. The number of hydrogen-bond acceptors (Lipinski definition) is 6. The van der Waals surface area contributed by atoms with E-state index in [0.717, 1.165) is 28.8 Å². The molecule has 176 valence electrons. The first-order valence-electron chi connectivity index (χ1n) is 10.8. The van der Waals surface area contributed by atoms with Gasteiger partial charge in [-0.1, -0.05) is 63.1 Å². The lowest BCUT2D eigenvalue weighted by molar-refractivity contribution is -0.130. The summed E-state index contributed by atoms with van der Waals surface area (Å²) in [6.45, 7) is 12.3. The van der Waals surface area contributed by atoms with Gasteiger partial charge < -0.3 is 14.2 Å². The van der Waals surface area contributed by atoms with Crippen molar-refractivity contribution in [3.63, 3.8) is 0 Å². The van der Waals surface area contributed by atoms with Crippen LogP contribution in [0.25, 0.3) is 22.3 Å². The van der Waals surface area contributed by atoms with Crippen molar-refractivity contribution in [2.75, 3.05) is 0 Å². The molecule has 0 aliphatic rings. The summed E-state index contributed by atoms with van der Waals surface area (Å²) in [5.41, 5.74) is 3.39. The van der Waals surface area contributed by atoms with Crippen molar-refractivity contribution < 1.29 is 28.6 Å². The molecular weight excluding hydrogens is 444 g/mol. The zero-order valence-electron chi connectivity index (χ0n) is 19.3. The molecule has 0 spiro atoms. The van der Waals surface area contributed by atoms with Crippen molar-refractivity contribution in [1.29, 1.82) is 0 Å². The highest BCUT2D eigenvalue weighted by Gasteiger charge is 2.15. The summed E-state index contributed by atoms with van der Waals surface area (Å²) in [6.07, 6.45) is 2.64. The zero-order chi connectivity index (χ0) is 25.4. The Morgan fingerprint density at radius 3 is 1.69 bits per heavy atom. The van der Waals surface area contributed by atoms with Gasteiger partial charge in [0.05, 0.1) is 0 Å². The number of esters is 3. The van der Waals surface area contributed by atoms with Gasteiger partial charge in [0.15, 0.2) is 0 Å². The predicted octanol–water partition coefficient (Wildman–Crippen LogP) is 6.08. The van der Waals surface area contributed by atoms with E-state index in [4.69, 9.17) is 14.2 Å². The summed E-state index contributed by atoms with van der Waals surface area (Å²) in [6, 6.07) is 19.2. The van der Waals surface area contributed by atoms with Crippen molar-refractivity contribution in [3.8, 4) is 39.5 Å². The van der Waals surface area contributed by atoms with Crippen LogP contribution in [0.4, 0.5) is 0 Å². The van der Waals surface area contributed by atoms with Gasteiger partial charge in [0.25, 0.3) is 0 Å². The number of benzene rings is 3. The quantitative estimate of drug-likeness (QED) is 0.215. The lowest BCUT2D eigenvalue weighted by Crippen LogP contribution is -2.10. The molecule has 35 heavy (non-hydrogen) atoms. The first-order valence-corrected chi connectivity index (χ1v) is 10.8. The maximum atomic E-state index is 12.5. The van der Waals surface area contributed by atoms with Crippen LogP contribution in [-0.4, -0.2) is 17.9 Å². The zero-order valence-corrected chi connectivity index (χ0v) is 19.3. The van der Waals surface area contributed by atoms with Crippen molar-refractivity contribution in [3.05, 3.63) is 104 Å². The number of carbonyl (C=O) groups excluding carboxylic acids is 3. The largest absolute Gasteiger partial charge is 0.423 e. The molecule has 0 bridgehead atoms. The van der Waals surface area contributed by atoms with Crippen LogP contribution in [-0.2, 0) is 14.4 Å². The van der Waals surface area contributed by atoms with Crippen molar-refractivity contribution in [2.24, 2.45) is 0 Å². The number of rotatable bonds is 9. The van der Waals surface area contributed by atoms with E-state index in [1.165, 1.54) is 0 Å². The van der Waals surface area contributed by atoms with Gasteiger partial charge in [0, 0.05) is 23.3 Å². The van der Waals surface area contributed by atoms with E-state index in [-0.39, 0.29) is 0 Å². The van der Waals surface area contributed by atoms with Crippen LogP contribution < -0.4 is 14.2 Å². The van der Waals surface area contributed by atoms with Crippen molar-refractivity contribution >= 4 is 17.9 Å². The molecule has 0 unspecified atom stereocenters. The second kappa shape index (κ2) is 11.4. The first kappa shape index (κ1) is 24.9. The van der Waals surface area contributed by atoms with Crippen LogP contribution >= 0.6 is 0 Å². The van der Waals surface area contributed by atoms with Gasteiger partial charge in [0.1, 0.15) is 17.2 Å². The van der Waals surface area contributed by atoms with E-state index in [0.29, 0.717) is 34.8 Å². The minimum atomic E-state index is -0.555. The molecule has 3 aromatic rings. The van der Waals surface area contributed by atoms with Crippen molar-refractivity contribution in [2.45, 2.75) is 13.3 Å². The van der Waals surface area contributed by atoms with Crippen LogP contribution in [0.1, 0.15) is 13.3 Å². The molecule has 0 radical (unpaired) electrons. The van der Waals surface area contributed by atoms with Gasteiger partial charge in [-0.05, 0) is 53.4 Å². The first-order chi connectivity index (χ1) is 16.8. The third-order valence-corrected chi connectivity index (χ3v) is 5.02. The third kappa shape index (κ3) is 6.42. The van der Waals surface area contributed by atoms with E-state index in [1.807, 2.05) is 19.1 Å². The van der Waals surface area contributed by atoms with E-state index in [2.05, 4.69) is 19.7 Å². The molecule has 0 saturated heterocycles. The molecule has 0 saturated carbocycles. The van der Waals surface area contributed by atoms with Crippen molar-refractivity contribution in [1.82, 2.24) is 0 Å². The highest BCUT2D eigenvalue weighted by molar-refractivity contribution is 5.91. The molecule has 6 heteroatoms. The standard InChI is InChI=1S/C29H24O6/c1-5-19(4)29(32)35-26-18-22(20-8-13-23(14-9-20)33-27(30)6-2)12-17-25(26)21-10-15-24(16-11-21)34-28(31)7-3/h6-18H,2-5H2,1H3. The number of carbonyl (C=O) groups is 3. The molecule has 3 rings (SSSR count). The van der Waals surface area contributed by atoms with E-state index in [9.17, 15) is 14.4 Å². The van der Waals surface area contributed by atoms with Gasteiger partial charge in [-0.25, -0.2) is 14.4 Å². The maximum Gasteiger partial charge on any atom is 0.338 e. The Kier molecular flexibility index (Phi) is 8.14. The minimum Gasteiger partial charge on any atom is -0.423 e. The predicted molar refractivity (Wildman–Crippen MR) is 134 cm³/mol. The lowest BCUT2D eigenvalue weighted by Gasteiger charge is -2.14. The SMILES string of the molecule is C=CC(=O)Oc1ccc(-c2ccc(-c3ccc(OC(=O)C=C)cc3)c(OC(=O)C(=C)CC)c2)cc1. The molecule has 0 atom stereocenters. The number of hydrogen-bond donors (Lipinski definition) is 0. The van der Waals surface area contributed by atoms with E-state index in [1.54, 1.807) is 54.6 Å². The maximum absolute atomic E-state index is 12.5. The summed E-state index contributed by atoms with van der Waals surface area (Å²) in [5, 5.41) is 0. The van der Waals surface area contributed by atoms with Gasteiger partial charge in [-0.2, -0.15) is 0 Å². The summed E-state index contributed by atoms with van der Waals surface area (Å²) >= 11 is 0. The summed E-state index contributed by atoms with van der Waals surface area (Å²) in [4.78, 5) is 35.3. The second-order valence-corrected chi connectivity index (χ2v) is 7.36. The number of ether oxygens (including phenoxy) is 3. The van der Waals surface area contributed by atoms with E-state index >= 15 is 0 Å². The molecule has 0 N–H and O–H groups in total. The van der Waals surface area contributed by atoms with Crippen LogP contribution in [0.3, 0.4) is 0 Å². The fourth-order valence-electron chi connectivity index (χ4n) is 3.07. The Morgan fingerprint density at radius 2 is 1.20 bits per heavy atom. The molecule has 0 aliphatic carbocycles.